The van der Waals surface area contributed by atoms with Gasteiger partial charge in [-0.3, -0.25) is 9.59 Å². The average Bonchev–Trinajstić information content (AvgIpc) is 2.85. The van der Waals surface area contributed by atoms with Crippen LogP contribution in [0, 0.1) is 5.92 Å². The Morgan fingerprint density at radius 1 is 1.03 bits per heavy atom. The fourth-order valence-corrected chi connectivity index (χ4v) is 3.73. The number of methoxy groups -OCH3 is 1. The number of nitrogens with one attached hydrogen (secondary N) is 1. The number of amides is 2. The van der Waals surface area contributed by atoms with Gasteiger partial charge >= 0.3 is 0 Å². The number of ether oxygens (including phenoxy) is 1. The molecule has 1 aliphatic rings. The van der Waals surface area contributed by atoms with Crippen LogP contribution in [0.4, 0.5) is 11.6 Å². The molecular formula is C24H25N5O3. The Balaban J connectivity index is 1.39. The molecule has 1 saturated heterocycles. The van der Waals surface area contributed by atoms with Crippen LogP contribution in [0.5, 0.6) is 5.75 Å². The van der Waals surface area contributed by atoms with Crippen LogP contribution in [-0.2, 0) is 4.79 Å². The molecule has 2 aromatic carbocycles. The van der Waals surface area contributed by atoms with Crippen molar-refractivity contribution in [1.29, 1.82) is 0 Å². The molecule has 1 aromatic heterocycles. The summed E-state index contributed by atoms with van der Waals surface area (Å²) in [5, 5.41) is 3.14. The topological polar surface area (TPSA) is 110 Å². The molecule has 1 atom stereocenters. The quantitative estimate of drug-likeness (QED) is 0.620. The maximum Gasteiger partial charge on any atom is 0.253 e. The lowest BCUT2D eigenvalue weighted by Crippen LogP contribution is -2.44. The summed E-state index contributed by atoms with van der Waals surface area (Å²) in [7, 11) is 1.63. The Bertz CT molecular complexity index is 1080. The molecule has 0 saturated carbocycles. The molecule has 8 heteroatoms. The van der Waals surface area contributed by atoms with Crippen LogP contribution >= 0.6 is 0 Å². The summed E-state index contributed by atoms with van der Waals surface area (Å²) >= 11 is 0. The van der Waals surface area contributed by atoms with Gasteiger partial charge in [-0.1, -0.05) is 12.1 Å². The van der Waals surface area contributed by atoms with Crippen molar-refractivity contribution >= 4 is 23.5 Å². The molecule has 8 nitrogen and oxygen atoms in total. The van der Waals surface area contributed by atoms with Crippen LogP contribution in [0.15, 0.2) is 60.9 Å². The highest BCUT2D eigenvalue weighted by Crippen LogP contribution is 2.23. The van der Waals surface area contributed by atoms with E-state index in [1.807, 2.05) is 36.4 Å². The predicted molar refractivity (Wildman–Crippen MR) is 122 cm³/mol. The maximum absolute atomic E-state index is 12.8. The first-order chi connectivity index (χ1) is 15.5. The third-order valence-corrected chi connectivity index (χ3v) is 5.57. The van der Waals surface area contributed by atoms with Gasteiger partial charge in [-0.15, -0.1) is 0 Å². The Hall–Kier alpha value is -3.94. The first-order valence-corrected chi connectivity index (χ1v) is 10.5. The van der Waals surface area contributed by atoms with Crippen molar-refractivity contribution in [3.8, 4) is 16.9 Å². The highest BCUT2D eigenvalue weighted by Gasteiger charge is 2.27. The van der Waals surface area contributed by atoms with E-state index in [2.05, 4.69) is 15.3 Å². The number of aromatic nitrogens is 2. The summed E-state index contributed by atoms with van der Waals surface area (Å²) < 4.78 is 5.18. The number of nitrogens with two attached hydrogens (primary N) is 1. The van der Waals surface area contributed by atoms with E-state index < -0.39 is 0 Å². The second kappa shape index (κ2) is 9.47. The number of anilines is 2. The van der Waals surface area contributed by atoms with Crippen molar-refractivity contribution < 1.29 is 14.3 Å². The van der Waals surface area contributed by atoms with Crippen molar-refractivity contribution in [2.24, 2.45) is 11.7 Å². The monoisotopic (exact) mass is 431 g/mol. The Morgan fingerprint density at radius 2 is 1.72 bits per heavy atom. The summed E-state index contributed by atoms with van der Waals surface area (Å²) in [6.07, 6.45) is 5.02. The van der Waals surface area contributed by atoms with E-state index in [-0.39, 0.29) is 17.7 Å². The zero-order valence-electron chi connectivity index (χ0n) is 17.8. The number of carbonyl (C=O) groups excluding carboxylic acids is 2. The summed E-state index contributed by atoms with van der Waals surface area (Å²) in [6.45, 7) is 1.01. The molecule has 0 aliphatic carbocycles. The van der Waals surface area contributed by atoms with Crippen LogP contribution in [-0.4, -0.2) is 46.9 Å². The summed E-state index contributed by atoms with van der Waals surface area (Å²) in [5.41, 5.74) is 8.65. The molecular weight excluding hydrogens is 406 g/mol. The minimum Gasteiger partial charge on any atom is -0.497 e. The van der Waals surface area contributed by atoms with Gasteiger partial charge in [0, 0.05) is 42.3 Å². The van der Waals surface area contributed by atoms with Crippen LogP contribution in [0.25, 0.3) is 11.1 Å². The van der Waals surface area contributed by atoms with Gasteiger partial charge in [-0.05, 0) is 54.8 Å². The largest absolute Gasteiger partial charge is 0.497 e. The summed E-state index contributed by atoms with van der Waals surface area (Å²) in [4.78, 5) is 34.7. The minimum absolute atomic E-state index is 0.0948. The molecule has 1 unspecified atom stereocenters. The van der Waals surface area contributed by atoms with Crippen LogP contribution in [0.1, 0.15) is 23.2 Å². The van der Waals surface area contributed by atoms with Crippen LogP contribution in [0.3, 0.4) is 0 Å². The highest BCUT2D eigenvalue weighted by atomic mass is 16.5. The molecule has 1 fully saturated rings. The third-order valence-electron chi connectivity index (χ3n) is 5.57. The van der Waals surface area contributed by atoms with Gasteiger partial charge in [0.05, 0.1) is 13.0 Å². The number of likely N-dealkylation sites (tertiary alicyclic amines) is 1. The molecule has 164 valence electrons. The first kappa shape index (κ1) is 21.3. The molecule has 0 radical (unpaired) electrons. The lowest BCUT2D eigenvalue weighted by molar-refractivity contribution is -0.123. The van der Waals surface area contributed by atoms with Crippen molar-refractivity contribution in [1.82, 2.24) is 14.9 Å². The number of benzene rings is 2. The predicted octanol–water partition coefficient (Wildman–Crippen LogP) is 3.23. The van der Waals surface area contributed by atoms with Crippen molar-refractivity contribution in [2.75, 3.05) is 25.5 Å². The molecule has 3 aromatic rings. The number of nitrogens with zero attached hydrogens (tertiary/aromatic N) is 3. The van der Waals surface area contributed by atoms with E-state index in [4.69, 9.17) is 10.5 Å². The number of carbonyl (C=O) groups is 2. The molecule has 32 heavy (non-hydrogen) atoms. The molecule has 0 bridgehead atoms. The Morgan fingerprint density at radius 3 is 2.34 bits per heavy atom. The van der Waals surface area contributed by atoms with Crippen LogP contribution < -0.4 is 15.8 Å². The Labute approximate surface area is 186 Å². The number of piperidine rings is 1. The number of rotatable bonds is 6. The normalized spacial score (nSPS) is 15.8. The fourth-order valence-electron chi connectivity index (χ4n) is 3.73. The molecule has 4 rings (SSSR count). The minimum atomic E-state index is -0.347. The molecule has 2 heterocycles. The van der Waals surface area contributed by atoms with Gasteiger partial charge in [0.2, 0.25) is 11.9 Å². The first-order valence-electron chi connectivity index (χ1n) is 10.5. The summed E-state index contributed by atoms with van der Waals surface area (Å²) in [6, 6.07) is 14.8. The van der Waals surface area contributed by atoms with Gasteiger partial charge in [0.25, 0.3) is 5.91 Å². The highest BCUT2D eigenvalue weighted by molar-refractivity contribution is 5.95. The molecule has 3 N–H and O–H groups in total. The Kier molecular flexibility index (Phi) is 6.30. The number of hydrogen-bond donors (Lipinski definition) is 2. The fraction of sp³-hybridized carbons (Fsp3) is 0.250. The van der Waals surface area contributed by atoms with Crippen LogP contribution in [0.2, 0.25) is 0 Å². The van der Waals surface area contributed by atoms with E-state index in [1.165, 1.54) is 0 Å². The van der Waals surface area contributed by atoms with Crippen molar-refractivity contribution in [3.05, 3.63) is 66.5 Å². The van der Waals surface area contributed by atoms with Gasteiger partial charge in [0.15, 0.2) is 0 Å². The molecule has 2 amide bonds. The SMILES string of the molecule is COc1ccc(-c2cnc(Nc3ccc(C(=O)N4CCCC(C(N)=O)C4)cc3)nc2)cc1. The molecule has 1 aliphatic heterocycles. The van der Waals surface area contributed by atoms with E-state index >= 15 is 0 Å². The van der Waals surface area contributed by atoms with E-state index in [9.17, 15) is 9.59 Å². The number of hydrogen-bond acceptors (Lipinski definition) is 6. The van der Waals surface area contributed by atoms with E-state index in [0.29, 0.717) is 24.6 Å². The maximum atomic E-state index is 12.8. The van der Waals surface area contributed by atoms with Gasteiger partial charge in [-0.2, -0.15) is 0 Å². The van der Waals surface area contributed by atoms with Crippen molar-refractivity contribution in [2.45, 2.75) is 12.8 Å². The zero-order valence-corrected chi connectivity index (χ0v) is 17.8. The van der Waals surface area contributed by atoms with Gasteiger partial charge in [0.1, 0.15) is 5.75 Å². The summed E-state index contributed by atoms with van der Waals surface area (Å²) in [5.74, 6) is 0.541. The van der Waals surface area contributed by atoms with Gasteiger partial charge in [-0.25, -0.2) is 9.97 Å². The number of primary amides is 1. The second-order valence-electron chi connectivity index (χ2n) is 7.72. The zero-order chi connectivity index (χ0) is 22.5. The van der Waals surface area contributed by atoms with E-state index in [1.54, 1.807) is 36.5 Å². The lowest BCUT2D eigenvalue weighted by Gasteiger charge is -2.31. The lowest BCUT2D eigenvalue weighted by atomic mass is 9.97. The molecule has 0 spiro atoms. The second-order valence-corrected chi connectivity index (χ2v) is 7.72. The van der Waals surface area contributed by atoms with Crippen molar-refractivity contribution in [3.63, 3.8) is 0 Å². The van der Waals surface area contributed by atoms with Gasteiger partial charge < -0.3 is 20.7 Å². The third kappa shape index (κ3) is 4.85. The standard InChI is InChI=1S/C24H25N5O3/c1-32-21-10-6-16(7-11-21)19-13-26-24(27-14-19)28-20-8-4-17(5-9-20)23(31)29-12-2-3-18(15-29)22(25)30/h4-11,13-14,18H,2-3,12,15H2,1H3,(H2,25,30)(H,26,27,28). The average molecular weight is 431 g/mol. The van der Waals surface area contributed by atoms with E-state index in [0.717, 1.165) is 35.4 Å². The smallest absolute Gasteiger partial charge is 0.253 e.